The Morgan fingerprint density at radius 3 is 2.43 bits per heavy atom. The van der Waals surface area contributed by atoms with Gasteiger partial charge in [0.05, 0.1) is 6.61 Å². The molecule has 1 heterocycles. The van der Waals surface area contributed by atoms with Gasteiger partial charge in [-0.15, -0.1) is 0 Å². The molecule has 1 aliphatic rings. The van der Waals surface area contributed by atoms with Gasteiger partial charge in [0.1, 0.15) is 5.60 Å². The zero-order chi connectivity index (χ0) is 17.2. The van der Waals surface area contributed by atoms with E-state index >= 15 is 0 Å². The molecule has 0 unspecified atom stereocenters. The van der Waals surface area contributed by atoms with Gasteiger partial charge in [0.15, 0.2) is 11.7 Å². The summed E-state index contributed by atoms with van der Waals surface area (Å²) in [6.45, 7) is 7.04. The van der Waals surface area contributed by atoms with Crippen LogP contribution in [0.25, 0.3) is 0 Å². The maximum atomic E-state index is 12.7. The molecule has 0 saturated carbocycles. The van der Waals surface area contributed by atoms with Crippen LogP contribution in [0, 0.1) is 17.8 Å². The van der Waals surface area contributed by atoms with Crippen molar-refractivity contribution in [1.82, 2.24) is 0 Å². The molecule has 1 aliphatic heterocycles. The zero-order valence-electron chi connectivity index (χ0n) is 13.9. The first-order valence-corrected chi connectivity index (χ1v) is 7.78. The molecule has 5 heteroatoms. The van der Waals surface area contributed by atoms with Crippen molar-refractivity contribution in [2.45, 2.75) is 33.3 Å². The first-order chi connectivity index (χ1) is 10.8. The SMILES string of the molecule is CCOC(=O)[C@@H]1C(=O)OC(C)(C)[C@H]1[C@@H](C)C(=O)c1ccccc1. The minimum Gasteiger partial charge on any atom is -0.465 e. The molecule has 23 heavy (non-hydrogen) atoms. The van der Waals surface area contributed by atoms with E-state index in [2.05, 4.69) is 0 Å². The monoisotopic (exact) mass is 318 g/mol. The van der Waals surface area contributed by atoms with Crippen molar-refractivity contribution < 1.29 is 23.9 Å². The molecule has 0 aliphatic carbocycles. The molecule has 1 aromatic rings. The second kappa shape index (κ2) is 6.52. The summed E-state index contributed by atoms with van der Waals surface area (Å²) in [6.07, 6.45) is 0. The molecule has 0 radical (unpaired) electrons. The lowest BCUT2D eigenvalue weighted by atomic mass is 9.72. The lowest BCUT2D eigenvalue weighted by Gasteiger charge is -2.30. The average Bonchev–Trinajstić information content (AvgIpc) is 2.75. The van der Waals surface area contributed by atoms with Gasteiger partial charge in [0, 0.05) is 17.4 Å². The highest BCUT2D eigenvalue weighted by molar-refractivity contribution is 6.01. The lowest BCUT2D eigenvalue weighted by molar-refractivity contribution is -0.157. The van der Waals surface area contributed by atoms with Gasteiger partial charge in [0.2, 0.25) is 0 Å². The van der Waals surface area contributed by atoms with Crippen LogP contribution in [0.5, 0.6) is 0 Å². The highest BCUT2D eigenvalue weighted by Crippen LogP contribution is 2.43. The molecule has 0 amide bonds. The Morgan fingerprint density at radius 1 is 1.26 bits per heavy atom. The first kappa shape index (κ1) is 17.2. The number of ketones is 1. The molecule has 0 bridgehead atoms. The fourth-order valence-electron chi connectivity index (χ4n) is 3.33. The Labute approximate surface area is 136 Å². The smallest absolute Gasteiger partial charge is 0.321 e. The molecule has 0 aromatic heterocycles. The number of ether oxygens (including phenoxy) is 2. The maximum Gasteiger partial charge on any atom is 0.321 e. The number of benzene rings is 1. The second-order valence-electron chi connectivity index (χ2n) is 6.30. The van der Waals surface area contributed by atoms with Gasteiger partial charge in [-0.2, -0.15) is 0 Å². The fourth-order valence-corrected chi connectivity index (χ4v) is 3.33. The standard InChI is InChI=1S/C18H22O5/c1-5-22-16(20)13-14(18(3,4)23-17(13)21)11(2)15(19)12-9-7-6-8-10-12/h6-11,13-14H,5H2,1-4H3/t11-,13-,14+/m1/s1. The van der Waals surface area contributed by atoms with Crippen molar-refractivity contribution >= 4 is 17.7 Å². The Kier molecular flexibility index (Phi) is 4.88. The fraction of sp³-hybridized carbons (Fsp3) is 0.500. The van der Waals surface area contributed by atoms with Crippen molar-refractivity contribution in [3.63, 3.8) is 0 Å². The molecule has 0 N–H and O–H groups in total. The number of esters is 2. The van der Waals surface area contributed by atoms with E-state index in [9.17, 15) is 14.4 Å². The predicted octanol–water partition coefficient (Wildman–Crippen LogP) is 2.64. The molecule has 1 aromatic carbocycles. The Balaban J connectivity index is 2.34. The summed E-state index contributed by atoms with van der Waals surface area (Å²) in [5, 5.41) is 0. The molecule has 0 spiro atoms. The van der Waals surface area contributed by atoms with Crippen molar-refractivity contribution in [1.29, 1.82) is 0 Å². The van der Waals surface area contributed by atoms with E-state index in [-0.39, 0.29) is 12.4 Å². The summed E-state index contributed by atoms with van der Waals surface area (Å²) in [4.78, 5) is 37.1. The number of hydrogen-bond acceptors (Lipinski definition) is 5. The summed E-state index contributed by atoms with van der Waals surface area (Å²) < 4.78 is 10.4. The van der Waals surface area contributed by atoms with E-state index in [0.717, 1.165) is 0 Å². The van der Waals surface area contributed by atoms with Gasteiger partial charge in [-0.1, -0.05) is 37.3 Å². The molecular weight excluding hydrogens is 296 g/mol. The number of hydrogen-bond donors (Lipinski definition) is 0. The van der Waals surface area contributed by atoms with Crippen LogP contribution in [0.4, 0.5) is 0 Å². The third-order valence-corrected chi connectivity index (χ3v) is 4.33. The number of carbonyl (C=O) groups is 3. The van der Waals surface area contributed by atoms with E-state index in [4.69, 9.17) is 9.47 Å². The van der Waals surface area contributed by atoms with Crippen molar-refractivity contribution in [3.05, 3.63) is 35.9 Å². The van der Waals surface area contributed by atoms with Gasteiger partial charge in [0.25, 0.3) is 0 Å². The third-order valence-electron chi connectivity index (χ3n) is 4.33. The average molecular weight is 318 g/mol. The van der Waals surface area contributed by atoms with Crippen LogP contribution >= 0.6 is 0 Å². The number of Topliss-reactive ketones (excluding diaryl/α,β-unsaturated/α-hetero) is 1. The summed E-state index contributed by atoms with van der Waals surface area (Å²) in [5.74, 6) is -3.54. The van der Waals surface area contributed by atoms with Crippen molar-refractivity contribution in [2.75, 3.05) is 6.61 Å². The van der Waals surface area contributed by atoms with Crippen LogP contribution in [0.1, 0.15) is 38.1 Å². The van der Waals surface area contributed by atoms with E-state index in [1.54, 1.807) is 52.0 Å². The summed E-state index contributed by atoms with van der Waals surface area (Å²) >= 11 is 0. The predicted molar refractivity (Wildman–Crippen MR) is 83.7 cm³/mol. The topological polar surface area (TPSA) is 69.7 Å². The summed E-state index contributed by atoms with van der Waals surface area (Å²) in [6, 6.07) is 8.84. The Hall–Kier alpha value is -2.17. The summed E-state index contributed by atoms with van der Waals surface area (Å²) in [7, 11) is 0. The van der Waals surface area contributed by atoms with Crippen molar-refractivity contribution in [2.24, 2.45) is 17.8 Å². The van der Waals surface area contributed by atoms with E-state index in [0.29, 0.717) is 5.56 Å². The van der Waals surface area contributed by atoms with Gasteiger partial charge >= 0.3 is 11.9 Å². The van der Waals surface area contributed by atoms with Crippen LogP contribution < -0.4 is 0 Å². The second-order valence-corrected chi connectivity index (χ2v) is 6.30. The third kappa shape index (κ3) is 3.28. The van der Waals surface area contributed by atoms with Crippen LogP contribution in [0.3, 0.4) is 0 Å². The Morgan fingerprint density at radius 2 is 1.87 bits per heavy atom. The number of cyclic esters (lactones) is 1. The minimum absolute atomic E-state index is 0.115. The van der Waals surface area contributed by atoms with Crippen LogP contribution in [0.15, 0.2) is 30.3 Å². The van der Waals surface area contributed by atoms with Gasteiger partial charge in [-0.05, 0) is 20.8 Å². The lowest BCUT2D eigenvalue weighted by Crippen LogP contribution is -2.41. The van der Waals surface area contributed by atoms with Crippen LogP contribution in [-0.4, -0.2) is 29.9 Å². The maximum absolute atomic E-state index is 12.7. The molecular formula is C18H22O5. The largest absolute Gasteiger partial charge is 0.465 e. The summed E-state index contributed by atoms with van der Waals surface area (Å²) in [5.41, 5.74) is -0.351. The Bertz CT molecular complexity index is 605. The van der Waals surface area contributed by atoms with E-state index in [1.807, 2.05) is 6.07 Å². The molecule has 124 valence electrons. The first-order valence-electron chi connectivity index (χ1n) is 7.78. The number of rotatable bonds is 5. The number of carbonyl (C=O) groups excluding carboxylic acids is 3. The van der Waals surface area contributed by atoms with Gasteiger partial charge in [-0.3, -0.25) is 14.4 Å². The van der Waals surface area contributed by atoms with Crippen LogP contribution in [-0.2, 0) is 19.1 Å². The molecule has 1 fully saturated rings. The van der Waals surface area contributed by atoms with E-state index in [1.165, 1.54) is 0 Å². The van der Waals surface area contributed by atoms with E-state index < -0.39 is 35.3 Å². The quantitative estimate of drug-likeness (QED) is 0.474. The molecule has 3 atom stereocenters. The van der Waals surface area contributed by atoms with Crippen molar-refractivity contribution in [3.8, 4) is 0 Å². The normalized spacial score (nSPS) is 23.9. The van der Waals surface area contributed by atoms with Gasteiger partial charge < -0.3 is 9.47 Å². The highest BCUT2D eigenvalue weighted by atomic mass is 16.6. The molecule has 2 rings (SSSR count). The minimum atomic E-state index is -1.06. The zero-order valence-corrected chi connectivity index (χ0v) is 13.9. The molecule has 5 nitrogen and oxygen atoms in total. The van der Waals surface area contributed by atoms with Crippen LogP contribution in [0.2, 0.25) is 0 Å². The van der Waals surface area contributed by atoms with Gasteiger partial charge in [-0.25, -0.2) is 0 Å². The molecule has 1 saturated heterocycles. The highest BCUT2D eigenvalue weighted by Gasteiger charge is 2.57.